The molecule has 9 heteroatoms. The molecule has 0 radical (unpaired) electrons. The second kappa shape index (κ2) is 5.65. The van der Waals surface area contributed by atoms with Crippen LogP contribution in [0.25, 0.3) is 0 Å². The number of carboxylic acid groups (broad SMARTS) is 1. The molecule has 2 aliphatic rings. The molecule has 9 nitrogen and oxygen atoms in total. The highest BCUT2D eigenvalue weighted by Gasteiger charge is 2.48. The lowest BCUT2D eigenvalue weighted by molar-refractivity contribution is -0.143. The van der Waals surface area contributed by atoms with Crippen molar-refractivity contribution in [3.05, 3.63) is 11.3 Å². The fraction of sp³-hybridized carbons (Fsp3) is 0.571. The Morgan fingerprint density at radius 2 is 1.91 bits per heavy atom. The maximum atomic E-state index is 12.4. The lowest BCUT2D eigenvalue weighted by Crippen LogP contribution is -2.45. The molecule has 0 aromatic carbocycles. The summed E-state index contributed by atoms with van der Waals surface area (Å²) in [7, 11) is 0. The Balaban J connectivity index is 2.16. The van der Waals surface area contributed by atoms with Crippen LogP contribution in [0.15, 0.2) is 11.3 Å². The molecule has 2 amide bonds. The van der Waals surface area contributed by atoms with Gasteiger partial charge in [0.1, 0.15) is 11.6 Å². The van der Waals surface area contributed by atoms with Gasteiger partial charge >= 0.3 is 12.1 Å². The largest absolute Gasteiger partial charge is 0.477 e. The zero-order valence-electron chi connectivity index (χ0n) is 13.4. The van der Waals surface area contributed by atoms with E-state index in [1.807, 2.05) is 0 Å². The summed E-state index contributed by atoms with van der Waals surface area (Å²) in [5.74, 6) is -2.37. The second-order valence-corrected chi connectivity index (χ2v) is 6.38. The SMILES string of the molecule is CC(=O)C1=C(C(=O)O)N2C(=O)[C@@H](NC(=O)OC(C)(C)C)CN2C1. The van der Waals surface area contributed by atoms with Crippen molar-refractivity contribution in [2.24, 2.45) is 0 Å². The highest BCUT2D eigenvalue weighted by molar-refractivity contribution is 6.06. The third kappa shape index (κ3) is 3.34. The zero-order chi connectivity index (χ0) is 17.5. The Bertz CT molecular complexity index is 618. The lowest BCUT2D eigenvalue weighted by atomic mass is 10.1. The minimum atomic E-state index is -1.36. The number of nitrogens with one attached hydrogen (secondary N) is 1. The van der Waals surface area contributed by atoms with Gasteiger partial charge < -0.3 is 15.2 Å². The average Bonchev–Trinajstić information content (AvgIpc) is 2.85. The summed E-state index contributed by atoms with van der Waals surface area (Å²) in [5.41, 5.74) is -0.992. The maximum absolute atomic E-state index is 12.4. The standard InChI is InChI=1S/C14H19N3O6/c1-7(18)8-5-16-6-9(15-13(22)23-14(2,3)4)11(19)17(16)10(8)12(20)21/h9H,5-6H2,1-4H3,(H,15,22)(H,20,21)/t9-/m0/s1. The number of Topliss-reactive ketones (excluding diaryl/α,β-unsaturated/α-hetero) is 1. The first-order chi connectivity index (χ1) is 10.5. The number of amides is 2. The van der Waals surface area contributed by atoms with Crippen LogP contribution in [-0.4, -0.2) is 63.6 Å². The van der Waals surface area contributed by atoms with Gasteiger partial charge in [0.2, 0.25) is 0 Å². The first-order valence-corrected chi connectivity index (χ1v) is 7.07. The van der Waals surface area contributed by atoms with E-state index in [0.717, 1.165) is 5.01 Å². The Morgan fingerprint density at radius 3 is 2.39 bits per heavy atom. The Hall–Kier alpha value is -2.42. The number of hydrogen-bond donors (Lipinski definition) is 2. The molecule has 0 spiro atoms. The number of aliphatic carboxylic acids is 1. The van der Waals surface area contributed by atoms with Crippen LogP contribution >= 0.6 is 0 Å². The normalized spacial score (nSPS) is 21.5. The van der Waals surface area contributed by atoms with Gasteiger partial charge in [0.25, 0.3) is 5.91 Å². The van der Waals surface area contributed by atoms with Gasteiger partial charge in [-0.15, -0.1) is 0 Å². The fourth-order valence-corrected chi connectivity index (χ4v) is 2.48. The molecule has 1 atom stereocenters. The number of carbonyl (C=O) groups is 4. The monoisotopic (exact) mass is 325 g/mol. The molecule has 23 heavy (non-hydrogen) atoms. The summed E-state index contributed by atoms with van der Waals surface area (Å²) in [4.78, 5) is 47.1. The number of nitrogens with zero attached hydrogens (tertiary/aromatic N) is 2. The Morgan fingerprint density at radius 1 is 1.30 bits per heavy atom. The maximum Gasteiger partial charge on any atom is 0.408 e. The van der Waals surface area contributed by atoms with Crippen LogP contribution in [-0.2, 0) is 19.1 Å². The number of hydrazine groups is 1. The number of carbonyl (C=O) groups excluding carboxylic acids is 3. The lowest BCUT2D eigenvalue weighted by Gasteiger charge is -2.21. The molecule has 126 valence electrons. The number of ether oxygens (including phenoxy) is 1. The average molecular weight is 325 g/mol. The molecular weight excluding hydrogens is 306 g/mol. The molecule has 0 aromatic rings. The Kier molecular flexibility index (Phi) is 4.16. The van der Waals surface area contributed by atoms with E-state index >= 15 is 0 Å². The fourth-order valence-electron chi connectivity index (χ4n) is 2.48. The van der Waals surface area contributed by atoms with Crippen molar-refractivity contribution in [3.8, 4) is 0 Å². The minimum absolute atomic E-state index is 0.0230. The third-order valence-corrected chi connectivity index (χ3v) is 3.34. The summed E-state index contributed by atoms with van der Waals surface area (Å²) in [6, 6.07) is -0.923. The highest BCUT2D eigenvalue weighted by Crippen LogP contribution is 2.29. The zero-order valence-corrected chi connectivity index (χ0v) is 13.4. The van der Waals surface area contributed by atoms with Gasteiger partial charge in [-0.25, -0.2) is 19.6 Å². The number of fused-ring (bicyclic) bond motifs is 1. The van der Waals surface area contributed by atoms with Crippen LogP contribution in [0.5, 0.6) is 0 Å². The van der Waals surface area contributed by atoms with Crippen molar-refractivity contribution in [1.82, 2.24) is 15.3 Å². The van der Waals surface area contributed by atoms with E-state index in [0.29, 0.717) is 0 Å². The van der Waals surface area contributed by atoms with E-state index in [1.165, 1.54) is 11.9 Å². The van der Waals surface area contributed by atoms with Gasteiger partial charge in [0.15, 0.2) is 11.5 Å². The molecule has 2 aliphatic heterocycles. The minimum Gasteiger partial charge on any atom is -0.477 e. The molecule has 0 unspecified atom stereocenters. The van der Waals surface area contributed by atoms with Crippen LogP contribution < -0.4 is 5.32 Å². The molecule has 2 N–H and O–H groups in total. The summed E-state index contributed by atoms with van der Waals surface area (Å²) >= 11 is 0. The van der Waals surface area contributed by atoms with Gasteiger partial charge in [0.05, 0.1) is 0 Å². The van der Waals surface area contributed by atoms with Crippen molar-refractivity contribution in [1.29, 1.82) is 0 Å². The highest BCUT2D eigenvalue weighted by atomic mass is 16.6. The number of ketones is 1. The van der Waals surface area contributed by atoms with E-state index in [1.54, 1.807) is 20.8 Å². The number of alkyl carbamates (subject to hydrolysis) is 1. The van der Waals surface area contributed by atoms with Gasteiger partial charge in [-0.2, -0.15) is 0 Å². The first kappa shape index (κ1) is 16.9. The van der Waals surface area contributed by atoms with E-state index in [4.69, 9.17) is 4.74 Å². The van der Waals surface area contributed by atoms with Crippen molar-refractivity contribution < 1.29 is 29.0 Å². The smallest absolute Gasteiger partial charge is 0.408 e. The number of carboxylic acids is 1. The molecule has 0 bridgehead atoms. The molecule has 0 aromatic heterocycles. The van der Waals surface area contributed by atoms with Crippen LogP contribution in [0.1, 0.15) is 27.7 Å². The van der Waals surface area contributed by atoms with Gasteiger partial charge in [-0.1, -0.05) is 0 Å². The summed E-state index contributed by atoms with van der Waals surface area (Å²) in [6.45, 7) is 6.42. The van der Waals surface area contributed by atoms with E-state index in [9.17, 15) is 24.3 Å². The van der Waals surface area contributed by atoms with Gasteiger partial charge in [-0.3, -0.25) is 9.59 Å². The predicted molar refractivity (Wildman–Crippen MR) is 76.9 cm³/mol. The summed E-state index contributed by atoms with van der Waals surface area (Å²) < 4.78 is 5.08. The topological polar surface area (TPSA) is 116 Å². The first-order valence-electron chi connectivity index (χ1n) is 7.07. The van der Waals surface area contributed by atoms with Crippen molar-refractivity contribution >= 4 is 23.8 Å². The van der Waals surface area contributed by atoms with Crippen LogP contribution in [0.2, 0.25) is 0 Å². The van der Waals surface area contributed by atoms with Crippen LogP contribution in [0.3, 0.4) is 0 Å². The molecule has 1 saturated heterocycles. The number of rotatable bonds is 3. The summed E-state index contributed by atoms with van der Waals surface area (Å²) in [5, 5.41) is 14.1. The van der Waals surface area contributed by atoms with Crippen molar-refractivity contribution in [2.75, 3.05) is 13.1 Å². The quantitative estimate of drug-likeness (QED) is 0.743. The third-order valence-electron chi connectivity index (χ3n) is 3.34. The van der Waals surface area contributed by atoms with Crippen molar-refractivity contribution in [3.63, 3.8) is 0 Å². The molecule has 0 saturated carbocycles. The molecule has 2 heterocycles. The molecule has 0 aliphatic carbocycles. The van der Waals surface area contributed by atoms with E-state index in [2.05, 4.69) is 5.32 Å². The van der Waals surface area contributed by atoms with E-state index in [-0.39, 0.29) is 24.4 Å². The predicted octanol–water partition coefficient (Wildman–Crippen LogP) is -0.120. The second-order valence-electron chi connectivity index (χ2n) is 6.38. The van der Waals surface area contributed by atoms with Gasteiger partial charge in [-0.05, 0) is 27.7 Å². The van der Waals surface area contributed by atoms with Crippen molar-refractivity contribution in [2.45, 2.75) is 39.3 Å². The summed E-state index contributed by atoms with van der Waals surface area (Å²) in [6.07, 6.45) is -0.758. The molecular formula is C14H19N3O6. The molecule has 2 rings (SSSR count). The Labute approximate surface area is 132 Å². The molecule has 1 fully saturated rings. The van der Waals surface area contributed by atoms with Crippen LogP contribution in [0.4, 0.5) is 4.79 Å². The van der Waals surface area contributed by atoms with Crippen LogP contribution in [0, 0.1) is 0 Å². The van der Waals surface area contributed by atoms with E-state index < -0.39 is 35.4 Å². The number of hydrogen-bond acceptors (Lipinski definition) is 6. The van der Waals surface area contributed by atoms with Gasteiger partial charge in [0, 0.05) is 18.7 Å².